The van der Waals surface area contributed by atoms with Gasteiger partial charge in [-0.1, -0.05) is 6.07 Å². The Bertz CT molecular complexity index is 543. The predicted molar refractivity (Wildman–Crippen MR) is 89.8 cm³/mol. The summed E-state index contributed by atoms with van der Waals surface area (Å²) in [5.41, 5.74) is 1.05. The molecule has 2 rings (SSSR count). The van der Waals surface area contributed by atoms with E-state index >= 15 is 0 Å². The molecular weight excluding hydrogens is 280 g/mol. The molecule has 5 heteroatoms. The third-order valence-corrected chi connectivity index (χ3v) is 4.43. The van der Waals surface area contributed by atoms with E-state index in [0.29, 0.717) is 6.04 Å². The summed E-state index contributed by atoms with van der Waals surface area (Å²) in [7, 11) is 2.06. The van der Waals surface area contributed by atoms with Gasteiger partial charge in [0.15, 0.2) is 0 Å². The standard InChI is InChI=1S/C16H24N4S/c1-12(14-7-6-8-21-14)20(5)15-11-17-13(9-18-15)10-19-16(2,3)4/h6-9,11-12,19H,10H2,1-5H3. The van der Waals surface area contributed by atoms with Crippen molar-refractivity contribution in [2.24, 2.45) is 0 Å². The number of rotatable bonds is 5. The Hall–Kier alpha value is -1.46. The number of thiophene rings is 1. The van der Waals surface area contributed by atoms with Gasteiger partial charge in [0, 0.05) is 24.0 Å². The van der Waals surface area contributed by atoms with Gasteiger partial charge in [-0.05, 0) is 39.1 Å². The zero-order valence-electron chi connectivity index (χ0n) is 13.4. The fourth-order valence-electron chi connectivity index (χ4n) is 1.90. The number of nitrogens with zero attached hydrogens (tertiary/aromatic N) is 3. The van der Waals surface area contributed by atoms with Gasteiger partial charge >= 0.3 is 0 Å². The van der Waals surface area contributed by atoms with E-state index in [1.165, 1.54) is 4.88 Å². The first-order valence-corrected chi connectivity index (χ1v) is 8.07. The summed E-state index contributed by atoms with van der Waals surface area (Å²) in [6.07, 6.45) is 3.70. The Kier molecular flexibility index (Phi) is 4.96. The van der Waals surface area contributed by atoms with Crippen molar-refractivity contribution in [1.29, 1.82) is 0 Å². The van der Waals surface area contributed by atoms with Crippen LogP contribution in [0.25, 0.3) is 0 Å². The number of anilines is 1. The van der Waals surface area contributed by atoms with Crippen molar-refractivity contribution in [2.75, 3.05) is 11.9 Å². The van der Waals surface area contributed by atoms with Crippen molar-refractivity contribution in [3.63, 3.8) is 0 Å². The molecule has 0 aromatic carbocycles. The van der Waals surface area contributed by atoms with Crippen molar-refractivity contribution in [1.82, 2.24) is 15.3 Å². The quantitative estimate of drug-likeness (QED) is 0.916. The number of aromatic nitrogens is 2. The van der Waals surface area contributed by atoms with Gasteiger partial charge < -0.3 is 10.2 Å². The van der Waals surface area contributed by atoms with Crippen LogP contribution in [-0.2, 0) is 6.54 Å². The van der Waals surface area contributed by atoms with E-state index in [1.54, 1.807) is 11.3 Å². The van der Waals surface area contributed by atoms with Crippen molar-refractivity contribution in [2.45, 2.75) is 45.8 Å². The average molecular weight is 304 g/mol. The third kappa shape index (κ3) is 4.51. The summed E-state index contributed by atoms with van der Waals surface area (Å²) in [6, 6.07) is 4.54. The van der Waals surface area contributed by atoms with Gasteiger partial charge in [0.1, 0.15) is 5.82 Å². The molecule has 0 saturated heterocycles. The molecule has 0 fully saturated rings. The number of hydrogen-bond donors (Lipinski definition) is 1. The van der Waals surface area contributed by atoms with Gasteiger partial charge in [-0.3, -0.25) is 4.98 Å². The molecular formula is C16H24N4S. The van der Waals surface area contributed by atoms with E-state index < -0.39 is 0 Å². The van der Waals surface area contributed by atoms with Gasteiger partial charge in [0.05, 0.1) is 24.1 Å². The molecule has 21 heavy (non-hydrogen) atoms. The fraction of sp³-hybridized carbons (Fsp3) is 0.500. The first-order valence-electron chi connectivity index (χ1n) is 7.19. The van der Waals surface area contributed by atoms with Gasteiger partial charge in [-0.2, -0.15) is 0 Å². The lowest BCUT2D eigenvalue weighted by molar-refractivity contribution is 0.421. The number of hydrogen-bond acceptors (Lipinski definition) is 5. The summed E-state index contributed by atoms with van der Waals surface area (Å²) in [5.74, 6) is 0.899. The molecule has 1 unspecified atom stereocenters. The molecule has 2 heterocycles. The smallest absolute Gasteiger partial charge is 0.147 e. The molecule has 0 spiro atoms. The van der Waals surface area contributed by atoms with Crippen molar-refractivity contribution >= 4 is 17.2 Å². The largest absolute Gasteiger partial charge is 0.351 e. The zero-order valence-corrected chi connectivity index (χ0v) is 14.2. The maximum absolute atomic E-state index is 4.54. The molecule has 0 amide bonds. The first kappa shape index (κ1) is 15.9. The van der Waals surface area contributed by atoms with Crippen LogP contribution < -0.4 is 10.2 Å². The first-order chi connectivity index (χ1) is 9.87. The van der Waals surface area contributed by atoms with E-state index in [-0.39, 0.29) is 5.54 Å². The third-order valence-electron chi connectivity index (χ3n) is 3.39. The van der Waals surface area contributed by atoms with Crippen molar-refractivity contribution in [3.8, 4) is 0 Å². The van der Waals surface area contributed by atoms with Gasteiger partial charge in [0.2, 0.25) is 0 Å². The SMILES string of the molecule is CC(c1cccs1)N(C)c1cnc(CNC(C)(C)C)cn1. The fourth-order valence-corrected chi connectivity index (χ4v) is 2.72. The maximum atomic E-state index is 4.54. The molecule has 0 radical (unpaired) electrons. The summed E-state index contributed by atoms with van der Waals surface area (Å²) in [5, 5.41) is 5.52. The Balaban J connectivity index is 2.01. The van der Waals surface area contributed by atoms with Crippen molar-refractivity contribution < 1.29 is 0 Å². The molecule has 114 valence electrons. The molecule has 1 N–H and O–H groups in total. The molecule has 2 aromatic rings. The predicted octanol–water partition coefficient (Wildman–Crippen LogP) is 3.62. The van der Waals surface area contributed by atoms with Crippen LogP contribution >= 0.6 is 11.3 Å². The summed E-state index contributed by atoms with van der Waals surface area (Å²) >= 11 is 1.77. The Morgan fingerprint density at radius 3 is 2.57 bits per heavy atom. The lowest BCUT2D eigenvalue weighted by atomic mass is 10.1. The van der Waals surface area contributed by atoms with Gasteiger partial charge in [0.25, 0.3) is 0 Å². The molecule has 0 aliphatic heterocycles. The van der Waals surface area contributed by atoms with Crippen molar-refractivity contribution in [3.05, 3.63) is 40.5 Å². The topological polar surface area (TPSA) is 41.1 Å². The highest BCUT2D eigenvalue weighted by Crippen LogP contribution is 2.26. The molecule has 2 aromatic heterocycles. The highest BCUT2D eigenvalue weighted by molar-refractivity contribution is 7.10. The van der Waals surface area contributed by atoms with E-state index in [1.807, 2.05) is 12.4 Å². The van der Waals surface area contributed by atoms with Crippen LogP contribution in [-0.4, -0.2) is 22.6 Å². The summed E-state index contributed by atoms with van der Waals surface area (Å²) < 4.78 is 0. The minimum Gasteiger partial charge on any atom is -0.351 e. The van der Waals surface area contributed by atoms with E-state index in [9.17, 15) is 0 Å². The van der Waals surface area contributed by atoms with Gasteiger partial charge in [-0.25, -0.2) is 4.98 Å². The highest BCUT2D eigenvalue weighted by atomic mass is 32.1. The van der Waals surface area contributed by atoms with Crippen LogP contribution in [0.1, 0.15) is 44.3 Å². The van der Waals surface area contributed by atoms with Crippen LogP contribution in [0, 0.1) is 0 Å². The molecule has 1 atom stereocenters. The van der Waals surface area contributed by atoms with Crippen LogP contribution in [0.2, 0.25) is 0 Å². The van der Waals surface area contributed by atoms with Gasteiger partial charge in [-0.15, -0.1) is 11.3 Å². The molecule has 0 aliphatic rings. The zero-order chi connectivity index (χ0) is 15.5. The lowest BCUT2D eigenvalue weighted by Crippen LogP contribution is -2.35. The molecule has 4 nitrogen and oxygen atoms in total. The average Bonchev–Trinajstić information content (AvgIpc) is 2.97. The lowest BCUT2D eigenvalue weighted by Gasteiger charge is -2.25. The van der Waals surface area contributed by atoms with Crippen LogP contribution in [0.5, 0.6) is 0 Å². The second-order valence-electron chi connectivity index (χ2n) is 6.27. The normalized spacial score (nSPS) is 13.2. The minimum atomic E-state index is 0.0881. The minimum absolute atomic E-state index is 0.0881. The van der Waals surface area contributed by atoms with E-state index in [2.05, 4.69) is 72.4 Å². The molecule has 0 aliphatic carbocycles. The van der Waals surface area contributed by atoms with E-state index in [0.717, 1.165) is 18.1 Å². The Morgan fingerprint density at radius 2 is 2.05 bits per heavy atom. The van der Waals surface area contributed by atoms with Crippen LogP contribution in [0.15, 0.2) is 29.9 Å². The van der Waals surface area contributed by atoms with Crippen LogP contribution in [0.4, 0.5) is 5.82 Å². The summed E-state index contributed by atoms with van der Waals surface area (Å²) in [6.45, 7) is 9.35. The second-order valence-corrected chi connectivity index (χ2v) is 7.25. The second kappa shape index (κ2) is 6.54. The Labute approximate surface area is 131 Å². The summed E-state index contributed by atoms with van der Waals surface area (Å²) in [4.78, 5) is 12.5. The number of nitrogens with one attached hydrogen (secondary N) is 1. The highest BCUT2D eigenvalue weighted by Gasteiger charge is 2.15. The van der Waals surface area contributed by atoms with E-state index in [4.69, 9.17) is 0 Å². The monoisotopic (exact) mass is 304 g/mol. The molecule has 0 saturated carbocycles. The van der Waals surface area contributed by atoms with Crippen LogP contribution in [0.3, 0.4) is 0 Å². The Morgan fingerprint density at radius 1 is 1.29 bits per heavy atom. The molecule has 0 bridgehead atoms. The maximum Gasteiger partial charge on any atom is 0.147 e.